The van der Waals surface area contributed by atoms with Crippen molar-refractivity contribution in [2.24, 2.45) is 7.05 Å². The van der Waals surface area contributed by atoms with Crippen LogP contribution in [0.1, 0.15) is 10.4 Å². The van der Waals surface area contributed by atoms with Crippen molar-refractivity contribution in [2.75, 3.05) is 5.32 Å². The Kier molecular flexibility index (Phi) is 3.65. The third-order valence-electron chi connectivity index (χ3n) is 3.21. The minimum Gasteiger partial charge on any atom is -0.322 e. The van der Waals surface area contributed by atoms with E-state index in [2.05, 4.69) is 15.5 Å². The molecule has 0 fully saturated rings. The van der Waals surface area contributed by atoms with Crippen LogP contribution >= 0.6 is 0 Å². The summed E-state index contributed by atoms with van der Waals surface area (Å²) >= 11 is 0. The van der Waals surface area contributed by atoms with Crippen molar-refractivity contribution < 1.29 is 9.18 Å². The van der Waals surface area contributed by atoms with Crippen LogP contribution in [0.3, 0.4) is 0 Å². The van der Waals surface area contributed by atoms with E-state index in [-0.39, 0.29) is 5.56 Å². The fourth-order valence-electron chi connectivity index (χ4n) is 2.12. The molecule has 0 spiro atoms. The number of anilines is 1. The Hall–Kier alpha value is -3.02. The van der Waals surface area contributed by atoms with Gasteiger partial charge in [-0.1, -0.05) is 24.3 Å². The average Bonchev–Trinajstić information content (AvgIpc) is 2.94. The van der Waals surface area contributed by atoms with Gasteiger partial charge in [0, 0.05) is 18.3 Å². The minimum atomic E-state index is -0.551. The van der Waals surface area contributed by atoms with Crippen LogP contribution in [0.2, 0.25) is 0 Å². The van der Waals surface area contributed by atoms with E-state index in [0.29, 0.717) is 11.5 Å². The molecule has 1 heterocycles. The summed E-state index contributed by atoms with van der Waals surface area (Å²) in [5, 5.41) is 10.5. The highest BCUT2D eigenvalue weighted by molar-refractivity contribution is 6.04. The van der Waals surface area contributed by atoms with E-state index < -0.39 is 11.7 Å². The van der Waals surface area contributed by atoms with E-state index in [1.54, 1.807) is 41.2 Å². The Morgan fingerprint density at radius 1 is 1.18 bits per heavy atom. The summed E-state index contributed by atoms with van der Waals surface area (Å²) in [5.74, 6) is -0.361. The Balaban J connectivity index is 1.86. The minimum absolute atomic E-state index is 0.00608. The van der Waals surface area contributed by atoms with Crippen molar-refractivity contribution in [3.63, 3.8) is 0 Å². The number of amides is 1. The summed E-state index contributed by atoms with van der Waals surface area (Å²) in [6.07, 6.45) is 1.60. The van der Waals surface area contributed by atoms with Gasteiger partial charge in [0.05, 0.1) is 5.56 Å². The van der Waals surface area contributed by atoms with Gasteiger partial charge < -0.3 is 9.88 Å². The molecule has 0 aliphatic rings. The molecular formula is C16H13FN4O. The molecule has 1 aromatic heterocycles. The monoisotopic (exact) mass is 296 g/mol. The molecule has 110 valence electrons. The number of aryl methyl sites for hydroxylation is 1. The molecule has 0 atom stereocenters. The van der Waals surface area contributed by atoms with Crippen molar-refractivity contribution in [1.82, 2.24) is 14.8 Å². The molecule has 1 amide bonds. The normalized spacial score (nSPS) is 10.5. The molecule has 2 aromatic carbocycles. The van der Waals surface area contributed by atoms with Gasteiger partial charge in [-0.2, -0.15) is 0 Å². The molecule has 0 saturated carbocycles. The maximum atomic E-state index is 13.6. The molecule has 3 aromatic rings. The van der Waals surface area contributed by atoms with Crippen LogP contribution in [0, 0.1) is 5.82 Å². The van der Waals surface area contributed by atoms with Gasteiger partial charge in [0.2, 0.25) is 0 Å². The average molecular weight is 296 g/mol. The topological polar surface area (TPSA) is 59.8 Å². The first-order valence-corrected chi connectivity index (χ1v) is 6.65. The van der Waals surface area contributed by atoms with Crippen molar-refractivity contribution >= 4 is 11.6 Å². The Bertz CT molecular complexity index is 828. The Morgan fingerprint density at radius 3 is 2.73 bits per heavy atom. The molecule has 0 saturated heterocycles. The van der Waals surface area contributed by atoms with E-state index in [4.69, 9.17) is 0 Å². The lowest BCUT2D eigenvalue weighted by atomic mass is 10.1. The van der Waals surface area contributed by atoms with E-state index in [1.807, 2.05) is 13.1 Å². The van der Waals surface area contributed by atoms with Crippen molar-refractivity contribution in [3.8, 4) is 11.4 Å². The van der Waals surface area contributed by atoms with E-state index in [0.717, 1.165) is 5.56 Å². The number of halogens is 1. The summed E-state index contributed by atoms with van der Waals surface area (Å²) in [6, 6.07) is 13.0. The maximum Gasteiger partial charge on any atom is 0.258 e. The maximum absolute atomic E-state index is 13.6. The number of carbonyl (C=O) groups excluding carboxylic acids is 1. The summed E-state index contributed by atoms with van der Waals surface area (Å²) in [7, 11) is 1.83. The number of carbonyl (C=O) groups is 1. The predicted molar refractivity (Wildman–Crippen MR) is 80.8 cm³/mol. The molecule has 0 aliphatic heterocycles. The lowest BCUT2D eigenvalue weighted by molar-refractivity contribution is 0.102. The first kappa shape index (κ1) is 13.9. The van der Waals surface area contributed by atoms with Gasteiger partial charge in [0.15, 0.2) is 5.82 Å². The summed E-state index contributed by atoms with van der Waals surface area (Å²) in [4.78, 5) is 12.1. The first-order chi connectivity index (χ1) is 10.6. The first-order valence-electron chi connectivity index (χ1n) is 6.65. The highest BCUT2D eigenvalue weighted by Gasteiger charge is 2.12. The van der Waals surface area contributed by atoms with Crippen molar-refractivity contribution in [1.29, 1.82) is 0 Å². The van der Waals surface area contributed by atoms with Crippen molar-refractivity contribution in [2.45, 2.75) is 0 Å². The second kappa shape index (κ2) is 5.77. The second-order valence-corrected chi connectivity index (χ2v) is 4.78. The number of benzene rings is 2. The molecule has 0 radical (unpaired) electrons. The van der Waals surface area contributed by atoms with Gasteiger partial charge in [-0.3, -0.25) is 4.79 Å². The van der Waals surface area contributed by atoms with Gasteiger partial charge >= 0.3 is 0 Å². The zero-order chi connectivity index (χ0) is 15.5. The Morgan fingerprint density at radius 2 is 2.00 bits per heavy atom. The van der Waals surface area contributed by atoms with Gasteiger partial charge in [0.1, 0.15) is 12.1 Å². The van der Waals surface area contributed by atoms with Crippen LogP contribution in [0.15, 0.2) is 54.9 Å². The molecule has 6 heteroatoms. The second-order valence-electron chi connectivity index (χ2n) is 4.78. The van der Waals surface area contributed by atoms with Crippen molar-refractivity contribution in [3.05, 3.63) is 66.2 Å². The van der Waals surface area contributed by atoms with Gasteiger partial charge in [-0.25, -0.2) is 4.39 Å². The standard InChI is InChI=1S/C16H13FN4O/c1-21-10-18-20-15(21)11-5-4-6-12(9-11)19-16(22)13-7-2-3-8-14(13)17/h2-10H,1H3,(H,19,22). The summed E-state index contributed by atoms with van der Waals surface area (Å²) < 4.78 is 15.4. The molecule has 5 nitrogen and oxygen atoms in total. The number of rotatable bonds is 3. The van der Waals surface area contributed by atoms with Crippen LogP contribution in [0.4, 0.5) is 10.1 Å². The SMILES string of the molecule is Cn1cnnc1-c1cccc(NC(=O)c2ccccc2F)c1. The fraction of sp³-hybridized carbons (Fsp3) is 0.0625. The zero-order valence-corrected chi connectivity index (χ0v) is 11.8. The third kappa shape index (κ3) is 2.71. The predicted octanol–water partition coefficient (Wildman–Crippen LogP) is 2.87. The molecular weight excluding hydrogens is 283 g/mol. The molecule has 0 unspecified atom stereocenters. The summed E-state index contributed by atoms with van der Waals surface area (Å²) in [6.45, 7) is 0. The number of nitrogens with one attached hydrogen (secondary N) is 1. The highest BCUT2D eigenvalue weighted by Crippen LogP contribution is 2.20. The number of hydrogen-bond donors (Lipinski definition) is 1. The van der Waals surface area contributed by atoms with E-state index in [9.17, 15) is 9.18 Å². The number of nitrogens with zero attached hydrogens (tertiary/aromatic N) is 3. The van der Waals surface area contributed by atoms with Crippen LogP contribution in [0.5, 0.6) is 0 Å². The summed E-state index contributed by atoms with van der Waals surface area (Å²) in [5.41, 5.74) is 1.38. The fourth-order valence-corrected chi connectivity index (χ4v) is 2.12. The molecule has 0 aliphatic carbocycles. The van der Waals surface area contributed by atoms with Gasteiger partial charge in [-0.15, -0.1) is 10.2 Å². The zero-order valence-electron chi connectivity index (χ0n) is 11.8. The quantitative estimate of drug-likeness (QED) is 0.808. The third-order valence-corrected chi connectivity index (χ3v) is 3.21. The molecule has 22 heavy (non-hydrogen) atoms. The molecule has 1 N–H and O–H groups in total. The van der Waals surface area contributed by atoms with Crippen LogP contribution in [-0.2, 0) is 7.05 Å². The number of aromatic nitrogens is 3. The molecule has 0 bridgehead atoms. The Labute approximate surface area is 126 Å². The van der Waals surface area contributed by atoms with E-state index >= 15 is 0 Å². The van der Waals surface area contributed by atoms with Gasteiger partial charge in [0.25, 0.3) is 5.91 Å². The van der Waals surface area contributed by atoms with Gasteiger partial charge in [-0.05, 0) is 24.3 Å². The number of hydrogen-bond acceptors (Lipinski definition) is 3. The van der Waals surface area contributed by atoms with Crippen LogP contribution in [0.25, 0.3) is 11.4 Å². The van der Waals surface area contributed by atoms with E-state index in [1.165, 1.54) is 12.1 Å². The molecule has 3 rings (SSSR count). The lowest BCUT2D eigenvalue weighted by Crippen LogP contribution is -2.13. The lowest BCUT2D eigenvalue weighted by Gasteiger charge is -2.08. The highest BCUT2D eigenvalue weighted by atomic mass is 19.1. The van der Waals surface area contributed by atoms with Crippen LogP contribution in [-0.4, -0.2) is 20.7 Å². The van der Waals surface area contributed by atoms with Crippen LogP contribution < -0.4 is 5.32 Å². The largest absolute Gasteiger partial charge is 0.322 e. The smallest absolute Gasteiger partial charge is 0.258 e.